The van der Waals surface area contributed by atoms with Gasteiger partial charge in [0.15, 0.2) is 0 Å². The van der Waals surface area contributed by atoms with E-state index in [1.807, 2.05) is 37.3 Å². The van der Waals surface area contributed by atoms with Crippen molar-refractivity contribution in [2.75, 3.05) is 0 Å². The first-order valence-electron chi connectivity index (χ1n) is 5.03. The van der Waals surface area contributed by atoms with Gasteiger partial charge in [0, 0.05) is 0 Å². The minimum absolute atomic E-state index is 0.587. The van der Waals surface area contributed by atoms with E-state index < -0.39 is 6.10 Å². The SMILES string of the molecule is C=CC(O)c1c(C)ccc2ccccc12. The number of rotatable bonds is 2. The highest BCUT2D eigenvalue weighted by Crippen LogP contribution is 2.27. The van der Waals surface area contributed by atoms with Crippen molar-refractivity contribution in [1.29, 1.82) is 0 Å². The van der Waals surface area contributed by atoms with E-state index in [0.717, 1.165) is 21.9 Å². The van der Waals surface area contributed by atoms with Crippen LogP contribution < -0.4 is 0 Å². The van der Waals surface area contributed by atoms with Crippen LogP contribution in [0.25, 0.3) is 10.8 Å². The number of hydrogen-bond acceptors (Lipinski definition) is 1. The summed E-state index contributed by atoms with van der Waals surface area (Å²) in [6, 6.07) is 12.2. The van der Waals surface area contributed by atoms with Gasteiger partial charge in [-0.2, -0.15) is 0 Å². The van der Waals surface area contributed by atoms with Gasteiger partial charge in [-0.05, 0) is 28.8 Å². The van der Waals surface area contributed by atoms with Crippen molar-refractivity contribution < 1.29 is 5.11 Å². The molecule has 0 radical (unpaired) electrons. The van der Waals surface area contributed by atoms with Gasteiger partial charge in [0.25, 0.3) is 0 Å². The number of fused-ring (bicyclic) bond motifs is 1. The zero-order chi connectivity index (χ0) is 10.8. The molecule has 0 bridgehead atoms. The predicted molar refractivity (Wildman–Crippen MR) is 63.8 cm³/mol. The normalized spacial score (nSPS) is 12.7. The number of aryl methyl sites for hydroxylation is 1. The van der Waals surface area contributed by atoms with Crippen molar-refractivity contribution in [1.82, 2.24) is 0 Å². The Kier molecular flexibility index (Phi) is 2.57. The second kappa shape index (κ2) is 3.87. The van der Waals surface area contributed by atoms with Gasteiger partial charge in [0.05, 0.1) is 6.10 Å². The smallest absolute Gasteiger partial charge is 0.0977 e. The van der Waals surface area contributed by atoms with Crippen LogP contribution in [0.2, 0.25) is 0 Å². The van der Waals surface area contributed by atoms with Crippen molar-refractivity contribution in [3.05, 3.63) is 60.2 Å². The van der Waals surface area contributed by atoms with Gasteiger partial charge in [-0.1, -0.05) is 42.5 Å². The first-order valence-corrected chi connectivity index (χ1v) is 5.03. The molecule has 2 rings (SSSR count). The van der Waals surface area contributed by atoms with Crippen LogP contribution in [-0.4, -0.2) is 5.11 Å². The molecular formula is C14H14O. The molecule has 2 aromatic carbocycles. The van der Waals surface area contributed by atoms with Gasteiger partial charge in [-0.15, -0.1) is 6.58 Å². The van der Waals surface area contributed by atoms with Crippen molar-refractivity contribution in [3.63, 3.8) is 0 Å². The molecule has 0 aliphatic carbocycles. The lowest BCUT2D eigenvalue weighted by Gasteiger charge is -2.13. The van der Waals surface area contributed by atoms with E-state index in [1.165, 1.54) is 0 Å². The minimum Gasteiger partial charge on any atom is -0.384 e. The Morgan fingerprint density at radius 1 is 1.20 bits per heavy atom. The van der Waals surface area contributed by atoms with Crippen LogP contribution in [0.3, 0.4) is 0 Å². The Morgan fingerprint density at radius 3 is 2.67 bits per heavy atom. The first kappa shape index (κ1) is 9.94. The molecule has 1 heteroatoms. The van der Waals surface area contributed by atoms with E-state index in [9.17, 15) is 5.11 Å². The van der Waals surface area contributed by atoms with Gasteiger partial charge < -0.3 is 5.11 Å². The Bertz CT molecular complexity index is 500. The summed E-state index contributed by atoms with van der Waals surface area (Å²) in [5.41, 5.74) is 2.06. The molecule has 15 heavy (non-hydrogen) atoms. The topological polar surface area (TPSA) is 20.2 Å². The minimum atomic E-state index is -0.587. The molecule has 0 aliphatic heterocycles. The Balaban J connectivity index is 2.79. The molecule has 1 nitrogen and oxygen atoms in total. The molecule has 1 unspecified atom stereocenters. The molecule has 0 spiro atoms. The molecule has 1 N–H and O–H groups in total. The number of aliphatic hydroxyl groups excluding tert-OH is 1. The lowest BCUT2D eigenvalue weighted by molar-refractivity contribution is 0.230. The summed E-state index contributed by atoms with van der Waals surface area (Å²) < 4.78 is 0. The molecule has 1 atom stereocenters. The highest BCUT2D eigenvalue weighted by atomic mass is 16.3. The summed E-state index contributed by atoms with van der Waals surface area (Å²) in [4.78, 5) is 0. The third-order valence-electron chi connectivity index (χ3n) is 2.71. The highest BCUT2D eigenvalue weighted by molar-refractivity contribution is 5.87. The maximum absolute atomic E-state index is 9.89. The maximum Gasteiger partial charge on any atom is 0.0977 e. The van der Waals surface area contributed by atoms with E-state index >= 15 is 0 Å². The largest absolute Gasteiger partial charge is 0.384 e. The van der Waals surface area contributed by atoms with Crippen molar-refractivity contribution >= 4 is 10.8 Å². The summed E-state index contributed by atoms with van der Waals surface area (Å²) in [5.74, 6) is 0. The number of aliphatic hydroxyl groups is 1. The summed E-state index contributed by atoms with van der Waals surface area (Å²) >= 11 is 0. The molecular weight excluding hydrogens is 184 g/mol. The standard InChI is InChI=1S/C14H14O/c1-3-13(15)14-10(2)8-9-11-6-4-5-7-12(11)14/h3-9,13,15H,1H2,2H3. The zero-order valence-electron chi connectivity index (χ0n) is 8.77. The van der Waals surface area contributed by atoms with E-state index in [4.69, 9.17) is 0 Å². The van der Waals surface area contributed by atoms with Crippen molar-refractivity contribution in [2.45, 2.75) is 13.0 Å². The maximum atomic E-state index is 9.89. The predicted octanol–water partition coefficient (Wildman–Crippen LogP) is 3.37. The molecule has 0 saturated carbocycles. The highest BCUT2D eigenvalue weighted by Gasteiger charge is 2.10. The Hall–Kier alpha value is -1.60. The Labute approximate surface area is 89.7 Å². The summed E-state index contributed by atoms with van der Waals surface area (Å²) in [7, 11) is 0. The van der Waals surface area contributed by atoms with Crippen LogP contribution >= 0.6 is 0 Å². The molecule has 0 heterocycles. The van der Waals surface area contributed by atoms with Gasteiger partial charge >= 0.3 is 0 Å². The fraction of sp³-hybridized carbons (Fsp3) is 0.143. The van der Waals surface area contributed by atoms with Gasteiger partial charge in [-0.25, -0.2) is 0 Å². The molecule has 0 aliphatic rings. The van der Waals surface area contributed by atoms with Crippen LogP contribution in [0.1, 0.15) is 17.2 Å². The molecule has 0 amide bonds. The van der Waals surface area contributed by atoms with E-state index in [0.29, 0.717) is 0 Å². The lowest BCUT2D eigenvalue weighted by Crippen LogP contribution is -1.97. The summed E-state index contributed by atoms with van der Waals surface area (Å²) in [6.45, 7) is 5.64. The second-order valence-corrected chi connectivity index (χ2v) is 3.70. The third kappa shape index (κ3) is 1.66. The van der Waals surface area contributed by atoms with Crippen LogP contribution in [-0.2, 0) is 0 Å². The second-order valence-electron chi connectivity index (χ2n) is 3.70. The molecule has 0 saturated heterocycles. The average Bonchev–Trinajstić information content (AvgIpc) is 2.28. The zero-order valence-corrected chi connectivity index (χ0v) is 8.77. The van der Waals surface area contributed by atoms with Crippen molar-refractivity contribution in [3.8, 4) is 0 Å². The third-order valence-corrected chi connectivity index (χ3v) is 2.71. The van der Waals surface area contributed by atoms with Gasteiger partial charge in [-0.3, -0.25) is 0 Å². The lowest BCUT2D eigenvalue weighted by atomic mass is 9.96. The molecule has 0 fully saturated rings. The van der Waals surface area contributed by atoms with E-state index in [2.05, 4.69) is 12.6 Å². The van der Waals surface area contributed by atoms with Crippen LogP contribution in [0.15, 0.2) is 49.1 Å². The molecule has 2 aromatic rings. The number of benzene rings is 2. The summed E-state index contributed by atoms with van der Waals surface area (Å²) in [5, 5.41) is 12.1. The fourth-order valence-corrected chi connectivity index (χ4v) is 1.92. The average molecular weight is 198 g/mol. The van der Waals surface area contributed by atoms with Crippen LogP contribution in [0.5, 0.6) is 0 Å². The monoisotopic (exact) mass is 198 g/mol. The van der Waals surface area contributed by atoms with E-state index in [-0.39, 0.29) is 0 Å². The van der Waals surface area contributed by atoms with Crippen LogP contribution in [0, 0.1) is 6.92 Å². The quantitative estimate of drug-likeness (QED) is 0.733. The van der Waals surface area contributed by atoms with Gasteiger partial charge in [0.1, 0.15) is 0 Å². The van der Waals surface area contributed by atoms with E-state index in [1.54, 1.807) is 6.08 Å². The van der Waals surface area contributed by atoms with Crippen LogP contribution in [0.4, 0.5) is 0 Å². The molecule has 76 valence electrons. The first-order chi connectivity index (χ1) is 7.24. The fourth-order valence-electron chi connectivity index (χ4n) is 1.92. The number of hydrogen-bond donors (Lipinski definition) is 1. The molecule has 0 aromatic heterocycles. The van der Waals surface area contributed by atoms with Gasteiger partial charge in [0.2, 0.25) is 0 Å². The van der Waals surface area contributed by atoms with Crippen molar-refractivity contribution in [2.24, 2.45) is 0 Å². The Morgan fingerprint density at radius 2 is 1.93 bits per heavy atom. The summed E-state index contributed by atoms with van der Waals surface area (Å²) in [6.07, 6.45) is 0.977.